The van der Waals surface area contributed by atoms with Crippen LogP contribution in [0.4, 0.5) is 0 Å². The third-order valence-electron chi connectivity index (χ3n) is 6.59. The van der Waals surface area contributed by atoms with Gasteiger partial charge in [-0.2, -0.15) is 0 Å². The quantitative estimate of drug-likeness (QED) is 0.356. The first-order chi connectivity index (χ1) is 16.6. The molecule has 0 aliphatic carbocycles. The van der Waals surface area contributed by atoms with E-state index < -0.39 is 12.2 Å². The summed E-state index contributed by atoms with van der Waals surface area (Å²) in [7, 11) is 0. The first-order valence-corrected chi connectivity index (χ1v) is 11.9. The predicted molar refractivity (Wildman–Crippen MR) is 135 cm³/mol. The van der Waals surface area contributed by atoms with Crippen LogP contribution < -0.4 is 4.74 Å². The maximum Gasteiger partial charge on any atom is 0.127 e. The van der Waals surface area contributed by atoms with E-state index in [1.165, 1.54) is 0 Å². The van der Waals surface area contributed by atoms with Crippen LogP contribution in [0.15, 0.2) is 84.9 Å². The maximum atomic E-state index is 10.9. The summed E-state index contributed by atoms with van der Waals surface area (Å²) in [6.07, 6.45) is -0.286. The Labute approximate surface area is 200 Å². The van der Waals surface area contributed by atoms with Gasteiger partial charge < -0.3 is 19.7 Å². The van der Waals surface area contributed by atoms with Crippen LogP contribution in [0.2, 0.25) is 0 Å². The summed E-state index contributed by atoms with van der Waals surface area (Å²) in [5.74, 6) is 0.813. The number of benzene rings is 4. The molecule has 1 aliphatic heterocycles. The van der Waals surface area contributed by atoms with E-state index in [-0.39, 0.29) is 6.10 Å². The molecule has 4 nitrogen and oxygen atoms in total. The van der Waals surface area contributed by atoms with Crippen LogP contribution in [-0.4, -0.2) is 22.9 Å². The van der Waals surface area contributed by atoms with Crippen LogP contribution in [0.25, 0.3) is 21.9 Å². The van der Waals surface area contributed by atoms with Gasteiger partial charge in [-0.05, 0) is 52.6 Å². The second kappa shape index (κ2) is 9.98. The van der Waals surface area contributed by atoms with E-state index in [9.17, 15) is 10.2 Å². The fourth-order valence-corrected chi connectivity index (χ4v) is 4.97. The van der Waals surface area contributed by atoms with Crippen LogP contribution in [0.5, 0.6) is 5.75 Å². The highest BCUT2D eigenvalue weighted by Crippen LogP contribution is 2.41. The highest BCUT2D eigenvalue weighted by Gasteiger charge is 2.30. The number of fused-ring (bicyclic) bond motifs is 1. The zero-order valence-electron chi connectivity index (χ0n) is 19.4. The van der Waals surface area contributed by atoms with Crippen molar-refractivity contribution in [3.8, 4) is 16.9 Å². The van der Waals surface area contributed by atoms with E-state index in [2.05, 4.69) is 36.4 Å². The van der Waals surface area contributed by atoms with E-state index in [0.717, 1.165) is 44.3 Å². The molecule has 1 heterocycles. The summed E-state index contributed by atoms with van der Waals surface area (Å²) >= 11 is 0. The minimum atomic E-state index is -0.715. The lowest BCUT2D eigenvalue weighted by atomic mass is 9.84. The molecule has 0 aromatic heterocycles. The zero-order valence-corrected chi connectivity index (χ0v) is 19.4. The molecule has 3 unspecified atom stereocenters. The van der Waals surface area contributed by atoms with Crippen molar-refractivity contribution in [2.24, 2.45) is 0 Å². The van der Waals surface area contributed by atoms with Gasteiger partial charge in [0.05, 0.1) is 18.3 Å². The molecular formula is C30H30O4. The van der Waals surface area contributed by atoms with Gasteiger partial charge in [-0.15, -0.1) is 0 Å². The van der Waals surface area contributed by atoms with Gasteiger partial charge in [-0.1, -0.05) is 78.9 Å². The van der Waals surface area contributed by atoms with Gasteiger partial charge in [0.25, 0.3) is 0 Å². The smallest absolute Gasteiger partial charge is 0.127 e. The molecule has 0 bridgehead atoms. The van der Waals surface area contributed by atoms with E-state index in [0.29, 0.717) is 26.1 Å². The van der Waals surface area contributed by atoms with Crippen molar-refractivity contribution < 1.29 is 19.7 Å². The van der Waals surface area contributed by atoms with E-state index in [1.807, 2.05) is 48.5 Å². The lowest BCUT2D eigenvalue weighted by molar-refractivity contribution is -0.0456. The molecule has 2 N–H and O–H groups in total. The van der Waals surface area contributed by atoms with Crippen LogP contribution >= 0.6 is 0 Å². The minimum Gasteiger partial charge on any atom is -0.488 e. The summed E-state index contributed by atoms with van der Waals surface area (Å²) in [6, 6.07) is 28.5. The molecular weight excluding hydrogens is 424 g/mol. The number of aliphatic hydroxyl groups excluding tert-OH is 2. The van der Waals surface area contributed by atoms with Crippen molar-refractivity contribution in [2.75, 3.05) is 6.61 Å². The van der Waals surface area contributed by atoms with Gasteiger partial charge in [-0.3, -0.25) is 0 Å². The van der Waals surface area contributed by atoms with Crippen LogP contribution in [0.1, 0.15) is 48.7 Å². The second-order valence-electron chi connectivity index (χ2n) is 8.95. The maximum absolute atomic E-state index is 10.9. The molecule has 4 aromatic carbocycles. The van der Waals surface area contributed by atoms with E-state index >= 15 is 0 Å². The molecule has 5 rings (SSSR count). The second-order valence-corrected chi connectivity index (χ2v) is 8.95. The van der Waals surface area contributed by atoms with Gasteiger partial charge in [0.1, 0.15) is 12.4 Å². The van der Waals surface area contributed by atoms with Crippen LogP contribution in [0, 0.1) is 0 Å². The summed E-state index contributed by atoms with van der Waals surface area (Å²) in [5, 5.41) is 23.5. The molecule has 0 saturated carbocycles. The predicted octanol–water partition coefficient (Wildman–Crippen LogP) is 6.35. The number of rotatable bonds is 6. The summed E-state index contributed by atoms with van der Waals surface area (Å²) in [4.78, 5) is 0. The van der Waals surface area contributed by atoms with Gasteiger partial charge in [0, 0.05) is 18.4 Å². The third-order valence-corrected chi connectivity index (χ3v) is 6.59. The molecule has 34 heavy (non-hydrogen) atoms. The van der Waals surface area contributed by atoms with Crippen LogP contribution in [-0.2, 0) is 11.3 Å². The first kappa shape index (κ1) is 22.6. The SMILES string of the molecule is CC(O)c1c(COc2cccc3ccccc23)ccc(-c2ccccc2)c1C1CC(O)CCO1. The normalized spacial score (nSPS) is 19.1. The molecule has 1 fully saturated rings. The van der Waals surface area contributed by atoms with Crippen molar-refractivity contribution >= 4 is 10.8 Å². The highest BCUT2D eigenvalue weighted by molar-refractivity contribution is 5.88. The fourth-order valence-electron chi connectivity index (χ4n) is 4.97. The Hall–Kier alpha value is -3.18. The number of aliphatic hydroxyl groups is 2. The van der Waals surface area contributed by atoms with Crippen molar-refractivity contribution in [3.63, 3.8) is 0 Å². The van der Waals surface area contributed by atoms with E-state index in [1.54, 1.807) is 6.92 Å². The molecule has 0 spiro atoms. The topological polar surface area (TPSA) is 58.9 Å². The average Bonchev–Trinajstić information content (AvgIpc) is 2.87. The molecule has 1 saturated heterocycles. The van der Waals surface area contributed by atoms with Crippen molar-refractivity contribution in [1.82, 2.24) is 0 Å². The molecule has 0 amide bonds. The highest BCUT2D eigenvalue weighted by atomic mass is 16.5. The van der Waals surface area contributed by atoms with E-state index in [4.69, 9.17) is 9.47 Å². The number of ether oxygens (including phenoxy) is 2. The molecule has 0 radical (unpaired) electrons. The molecule has 174 valence electrons. The summed E-state index contributed by atoms with van der Waals surface area (Å²) < 4.78 is 12.5. The van der Waals surface area contributed by atoms with Crippen molar-refractivity contribution in [1.29, 1.82) is 0 Å². The van der Waals surface area contributed by atoms with Crippen molar-refractivity contribution in [3.05, 3.63) is 102 Å². The lowest BCUT2D eigenvalue weighted by Gasteiger charge is -2.32. The average molecular weight is 455 g/mol. The molecule has 4 aromatic rings. The van der Waals surface area contributed by atoms with Crippen molar-refractivity contribution in [2.45, 2.75) is 44.7 Å². The number of hydrogen-bond donors (Lipinski definition) is 2. The first-order valence-electron chi connectivity index (χ1n) is 11.9. The summed E-state index contributed by atoms with van der Waals surface area (Å²) in [5.41, 5.74) is 4.76. The zero-order chi connectivity index (χ0) is 23.5. The third kappa shape index (κ3) is 4.58. The molecule has 1 aliphatic rings. The van der Waals surface area contributed by atoms with Gasteiger partial charge >= 0.3 is 0 Å². The molecule has 3 atom stereocenters. The lowest BCUT2D eigenvalue weighted by Crippen LogP contribution is -2.25. The largest absolute Gasteiger partial charge is 0.488 e. The Morgan fingerprint density at radius 2 is 1.71 bits per heavy atom. The minimum absolute atomic E-state index is 0.291. The fraction of sp³-hybridized carbons (Fsp3) is 0.267. The Morgan fingerprint density at radius 3 is 2.50 bits per heavy atom. The van der Waals surface area contributed by atoms with Gasteiger partial charge in [0.15, 0.2) is 0 Å². The van der Waals surface area contributed by atoms with Gasteiger partial charge in [-0.25, -0.2) is 0 Å². The Balaban J connectivity index is 1.58. The monoisotopic (exact) mass is 454 g/mol. The Morgan fingerprint density at radius 1 is 0.941 bits per heavy atom. The number of hydrogen-bond acceptors (Lipinski definition) is 4. The molecule has 4 heteroatoms. The van der Waals surface area contributed by atoms with Gasteiger partial charge in [0.2, 0.25) is 0 Å². The van der Waals surface area contributed by atoms with Crippen LogP contribution in [0.3, 0.4) is 0 Å². The summed E-state index contributed by atoms with van der Waals surface area (Å²) in [6.45, 7) is 2.61. The Bertz CT molecular complexity index is 1260. The Kier molecular flexibility index (Phi) is 6.63. The standard InChI is InChI=1S/C30H30O4/c1-20(31)29-23(19-34-27-13-7-11-21-10-5-6-12-25(21)27)14-15-26(22-8-3-2-4-9-22)30(29)28-18-24(32)16-17-33-28/h2-15,20,24,28,31-32H,16-19H2,1H3.